The molecular weight excluding hydrogens is 256 g/mol. The fourth-order valence-corrected chi connectivity index (χ4v) is 2.79. The first-order chi connectivity index (χ1) is 9.22. The van der Waals surface area contributed by atoms with Gasteiger partial charge in [-0.2, -0.15) is 0 Å². The number of aromatic nitrogens is 2. The van der Waals surface area contributed by atoms with E-state index in [1.165, 1.54) is 6.42 Å². The van der Waals surface area contributed by atoms with Crippen molar-refractivity contribution in [3.63, 3.8) is 0 Å². The lowest BCUT2D eigenvalue weighted by molar-refractivity contribution is 0.301. The van der Waals surface area contributed by atoms with E-state index >= 15 is 0 Å². The van der Waals surface area contributed by atoms with E-state index in [1.54, 1.807) is 12.5 Å². The summed E-state index contributed by atoms with van der Waals surface area (Å²) in [6, 6.07) is 0. The van der Waals surface area contributed by atoms with Crippen LogP contribution in [0.15, 0.2) is 29.3 Å². The number of hydrogen-bond acceptors (Lipinski definition) is 5. The van der Waals surface area contributed by atoms with Gasteiger partial charge in [-0.3, -0.25) is 4.99 Å². The number of thiocarbonyl (C=S) groups is 1. The summed E-state index contributed by atoms with van der Waals surface area (Å²) in [7, 11) is 0. The van der Waals surface area contributed by atoms with E-state index in [-0.39, 0.29) is 6.17 Å². The van der Waals surface area contributed by atoms with Gasteiger partial charge in [-0.15, -0.1) is 0 Å². The number of rotatable bonds is 3. The third kappa shape index (κ3) is 1.98. The number of hydrogen-bond donors (Lipinski definition) is 0. The quantitative estimate of drug-likeness (QED) is 0.792. The number of fused-ring (bicyclic) bond motifs is 3. The Bertz CT molecular complexity index is 591. The van der Waals surface area contributed by atoms with Crippen LogP contribution in [0, 0.1) is 0 Å². The van der Waals surface area contributed by atoms with Gasteiger partial charge in [0, 0.05) is 18.3 Å². The highest BCUT2D eigenvalue weighted by atomic mass is 32.1. The minimum absolute atomic E-state index is 0.163. The first-order valence-electron chi connectivity index (χ1n) is 6.63. The third-order valence-corrected chi connectivity index (χ3v) is 3.88. The molecule has 3 rings (SSSR count). The van der Waals surface area contributed by atoms with Gasteiger partial charge < -0.3 is 4.90 Å². The van der Waals surface area contributed by atoms with Crippen molar-refractivity contribution in [3.8, 4) is 0 Å². The Hall–Kier alpha value is -1.62. The first-order valence-corrected chi connectivity index (χ1v) is 7.04. The topological polar surface area (TPSA) is 41.4 Å². The molecule has 0 saturated carbocycles. The van der Waals surface area contributed by atoms with Crippen LogP contribution in [0.25, 0.3) is 0 Å². The van der Waals surface area contributed by atoms with E-state index < -0.39 is 0 Å². The zero-order chi connectivity index (χ0) is 13.4. The molecular formula is C14H16N4S. The molecule has 0 fully saturated rings. The molecule has 0 bridgehead atoms. The van der Waals surface area contributed by atoms with Crippen molar-refractivity contribution in [1.29, 1.82) is 0 Å². The number of nitrogens with zero attached hydrogens (tertiary/aromatic N) is 4. The van der Waals surface area contributed by atoms with Crippen molar-refractivity contribution in [2.75, 3.05) is 6.54 Å². The Morgan fingerprint density at radius 1 is 1.42 bits per heavy atom. The normalized spacial score (nSPS) is 20.8. The van der Waals surface area contributed by atoms with Gasteiger partial charge in [0.15, 0.2) is 0 Å². The molecule has 1 aromatic heterocycles. The highest BCUT2D eigenvalue weighted by Crippen LogP contribution is 2.30. The van der Waals surface area contributed by atoms with Crippen LogP contribution < -0.4 is 0 Å². The largest absolute Gasteiger partial charge is 0.348 e. The Kier molecular flexibility index (Phi) is 3.14. The molecule has 1 aromatic rings. The first kappa shape index (κ1) is 12.4. The zero-order valence-electron chi connectivity index (χ0n) is 11.1. The highest BCUT2D eigenvalue weighted by Gasteiger charge is 2.33. The number of unbranched alkanes of at least 4 members (excludes halogenated alkanes) is 1. The molecule has 1 unspecified atom stereocenters. The van der Waals surface area contributed by atoms with Gasteiger partial charge >= 0.3 is 0 Å². The fourth-order valence-electron chi connectivity index (χ4n) is 2.53. The molecule has 2 heterocycles. The molecule has 0 aromatic carbocycles. The maximum atomic E-state index is 5.45. The van der Waals surface area contributed by atoms with E-state index in [2.05, 4.69) is 28.7 Å². The minimum atomic E-state index is 0.163. The average molecular weight is 272 g/mol. The molecule has 1 atom stereocenters. The molecule has 1 aliphatic heterocycles. The molecule has 1 aliphatic carbocycles. The summed E-state index contributed by atoms with van der Waals surface area (Å²) in [5, 5.41) is 0. The van der Waals surface area contributed by atoms with E-state index in [1.807, 2.05) is 6.08 Å². The van der Waals surface area contributed by atoms with Crippen LogP contribution in [0.4, 0.5) is 0 Å². The summed E-state index contributed by atoms with van der Waals surface area (Å²) in [6.45, 7) is 5.33. The molecule has 0 N–H and O–H groups in total. The summed E-state index contributed by atoms with van der Waals surface area (Å²) in [6.07, 6.45) is 7.88. The second kappa shape index (κ2) is 4.81. The molecule has 0 saturated heterocycles. The van der Waals surface area contributed by atoms with Gasteiger partial charge in [-0.1, -0.05) is 25.6 Å². The van der Waals surface area contributed by atoms with Crippen molar-refractivity contribution in [2.45, 2.75) is 32.9 Å². The summed E-state index contributed by atoms with van der Waals surface area (Å²) in [5.41, 5.74) is 3.89. The van der Waals surface area contributed by atoms with Gasteiger partial charge in [-0.25, -0.2) is 9.97 Å². The second-order valence-corrected chi connectivity index (χ2v) is 5.28. The van der Waals surface area contributed by atoms with Crippen LogP contribution in [0.2, 0.25) is 0 Å². The predicted molar refractivity (Wildman–Crippen MR) is 79.4 cm³/mol. The molecule has 0 radical (unpaired) electrons. The highest BCUT2D eigenvalue weighted by molar-refractivity contribution is 7.81. The van der Waals surface area contributed by atoms with E-state index in [4.69, 9.17) is 17.2 Å². The van der Waals surface area contributed by atoms with Gasteiger partial charge in [0.1, 0.15) is 23.9 Å². The summed E-state index contributed by atoms with van der Waals surface area (Å²) in [4.78, 5) is 16.3. The molecule has 0 amide bonds. The lowest BCUT2D eigenvalue weighted by atomic mass is 9.99. The smallest absolute Gasteiger partial charge is 0.119 e. The van der Waals surface area contributed by atoms with Crippen LogP contribution >= 0.6 is 12.2 Å². The van der Waals surface area contributed by atoms with E-state index in [9.17, 15) is 0 Å². The summed E-state index contributed by atoms with van der Waals surface area (Å²) >= 11 is 5.45. The molecule has 19 heavy (non-hydrogen) atoms. The van der Waals surface area contributed by atoms with Gasteiger partial charge in [0.05, 0.1) is 10.6 Å². The summed E-state index contributed by atoms with van der Waals surface area (Å²) < 4.78 is 0. The van der Waals surface area contributed by atoms with E-state index in [0.29, 0.717) is 0 Å². The Balaban J connectivity index is 2.02. The second-order valence-electron chi connectivity index (χ2n) is 4.84. The summed E-state index contributed by atoms with van der Waals surface area (Å²) in [5.74, 6) is 0. The van der Waals surface area contributed by atoms with E-state index in [0.717, 1.165) is 40.5 Å². The van der Waals surface area contributed by atoms with Crippen molar-refractivity contribution >= 4 is 22.8 Å². The number of allylic oxidation sites excluding steroid dienone is 2. The lowest BCUT2D eigenvalue weighted by Gasteiger charge is -2.26. The predicted octanol–water partition coefficient (Wildman–Crippen LogP) is 2.34. The van der Waals surface area contributed by atoms with Crippen LogP contribution in [-0.4, -0.2) is 38.2 Å². The van der Waals surface area contributed by atoms with Crippen LogP contribution in [-0.2, 0) is 0 Å². The number of aliphatic imine (C=N–C) groups is 1. The zero-order valence-corrected chi connectivity index (χ0v) is 11.9. The Morgan fingerprint density at radius 2 is 2.26 bits per heavy atom. The molecule has 2 aliphatic rings. The molecule has 4 nitrogen and oxygen atoms in total. The van der Waals surface area contributed by atoms with Crippen LogP contribution in [0.1, 0.15) is 37.9 Å². The van der Waals surface area contributed by atoms with Gasteiger partial charge in [0.2, 0.25) is 0 Å². The van der Waals surface area contributed by atoms with Crippen molar-refractivity contribution in [1.82, 2.24) is 14.9 Å². The van der Waals surface area contributed by atoms with Crippen LogP contribution in [0.3, 0.4) is 0 Å². The minimum Gasteiger partial charge on any atom is -0.348 e. The maximum Gasteiger partial charge on any atom is 0.119 e. The van der Waals surface area contributed by atoms with Crippen molar-refractivity contribution in [3.05, 3.63) is 35.6 Å². The fraction of sp³-hybridized carbons (Fsp3) is 0.429. The standard InChI is InChI=1S/C14H16N4S/c1-3-4-5-18-9(2)17-14-11(18)6-12(19)10-7-15-8-16-13(10)14/h6-9H,3-5H2,1-2H3. The average Bonchev–Trinajstić information content (AvgIpc) is 2.73. The van der Waals surface area contributed by atoms with Gasteiger partial charge in [0.25, 0.3) is 0 Å². The monoisotopic (exact) mass is 272 g/mol. The third-order valence-electron chi connectivity index (χ3n) is 3.54. The lowest BCUT2D eigenvalue weighted by Crippen LogP contribution is -2.31. The van der Waals surface area contributed by atoms with Gasteiger partial charge in [-0.05, 0) is 19.4 Å². The van der Waals surface area contributed by atoms with Crippen LogP contribution in [0.5, 0.6) is 0 Å². The SMILES string of the molecule is CCCCN1C2=CC(=S)c3cncnc3C2=NC1C. The molecule has 5 heteroatoms. The maximum absolute atomic E-state index is 5.45. The Labute approximate surface area is 118 Å². The molecule has 0 spiro atoms. The Morgan fingerprint density at radius 3 is 3.05 bits per heavy atom. The molecule has 98 valence electrons. The van der Waals surface area contributed by atoms with Crippen molar-refractivity contribution in [2.24, 2.45) is 4.99 Å². The van der Waals surface area contributed by atoms with Crippen molar-refractivity contribution < 1.29 is 0 Å².